The molecule has 1 aliphatic heterocycles. The number of aliphatic hydroxyl groups excluding tert-OH is 7. The Labute approximate surface area is 222 Å². The van der Waals surface area contributed by atoms with Crippen LogP contribution >= 0.6 is 0 Å². The fraction of sp³-hybridized carbons (Fsp3) is 0.964. The van der Waals surface area contributed by atoms with Crippen molar-refractivity contribution in [3.63, 3.8) is 0 Å². The minimum Gasteiger partial charge on any atom is -0.455 e. The third-order valence-electron chi connectivity index (χ3n) is 7.56. The van der Waals surface area contributed by atoms with Gasteiger partial charge in [0.25, 0.3) is 0 Å². The molecule has 1 saturated heterocycles. The number of unbranched alkanes of at least 4 members (excludes halogenated alkanes) is 10. The van der Waals surface area contributed by atoms with E-state index in [1.54, 1.807) is 6.92 Å². The molecular formula is C28H54O9. The van der Waals surface area contributed by atoms with E-state index in [2.05, 4.69) is 25.5 Å². The Morgan fingerprint density at radius 2 is 1.14 bits per heavy atom. The largest absolute Gasteiger partial charge is 0.455 e. The Balaban J connectivity index is 2.17. The molecule has 1 rings (SSSR count). The number of carbonyl (C=O) groups is 1. The second kappa shape index (κ2) is 17.0. The van der Waals surface area contributed by atoms with Gasteiger partial charge in [0.1, 0.15) is 30.5 Å². The van der Waals surface area contributed by atoms with Gasteiger partial charge in [-0.15, -0.1) is 0 Å². The summed E-state index contributed by atoms with van der Waals surface area (Å²) < 4.78 is 4.64. The molecule has 0 spiro atoms. The summed E-state index contributed by atoms with van der Waals surface area (Å²) in [7, 11) is 0. The fourth-order valence-corrected chi connectivity index (χ4v) is 4.88. The number of rotatable bonds is 19. The summed E-state index contributed by atoms with van der Waals surface area (Å²) in [4.78, 5) is 11.3. The van der Waals surface area contributed by atoms with Gasteiger partial charge >= 0.3 is 5.97 Å². The number of hydrogen-bond acceptors (Lipinski definition) is 9. The molecule has 9 unspecified atom stereocenters. The minimum atomic E-state index is -2.02. The van der Waals surface area contributed by atoms with E-state index in [0.29, 0.717) is 11.8 Å². The third-order valence-corrected chi connectivity index (χ3v) is 7.56. The van der Waals surface area contributed by atoms with Crippen LogP contribution in [0.4, 0.5) is 0 Å². The van der Waals surface area contributed by atoms with Crippen molar-refractivity contribution in [3.8, 4) is 0 Å². The zero-order valence-electron chi connectivity index (χ0n) is 23.3. The summed E-state index contributed by atoms with van der Waals surface area (Å²) in [5, 5.41) is 70.6. The highest BCUT2D eigenvalue weighted by Gasteiger charge is 2.50. The van der Waals surface area contributed by atoms with Crippen LogP contribution in [0.15, 0.2) is 0 Å². The van der Waals surface area contributed by atoms with Crippen molar-refractivity contribution in [2.24, 2.45) is 11.3 Å². The van der Waals surface area contributed by atoms with Gasteiger partial charge in [-0.3, -0.25) is 0 Å². The number of aliphatic hydroxyl groups is 7. The molecule has 0 radical (unpaired) electrons. The zero-order chi connectivity index (χ0) is 28.2. The highest BCUT2D eigenvalue weighted by Crippen LogP contribution is 2.25. The first-order chi connectivity index (χ1) is 17.3. The van der Waals surface area contributed by atoms with Crippen LogP contribution in [0.25, 0.3) is 0 Å². The molecular weight excluding hydrogens is 480 g/mol. The molecule has 9 nitrogen and oxygen atoms in total. The van der Waals surface area contributed by atoms with Gasteiger partial charge in [0.05, 0.1) is 6.10 Å². The highest BCUT2D eigenvalue weighted by atomic mass is 16.6. The summed E-state index contributed by atoms with van der Waals surface area (Å²) in [6, 6.07) is 0. The van der Waals surface area contributed by atoms with Crippen molar-refractivity contribution < 1.29 is 45.3 Å². The van der Waals surface area contributed by atoms with Crippen molar-refractivity contribution in [2.45, 2.75) is 160 Å². The molecule has 9 heteroatoms. The molecule has 9 atom stereocenters. The smallest absolute Gasteiger partial charge is 0.338 e. The number of esters is 1. The van der Waals surface area contributed by atoms with Gasteiger partial charge in [-0.1, -0.05) is 98.3 Å². The van der Waals surface area contributed by atoms with Gasteiger partial charge in [-0.25, -0.2) is 4.79 Å². The second-order valence-corrected chi connectivity index (χ2v) is 12.3. The van der Waals surface area contributed by atoms with E-state index in [0.717, 1.165) is 19.3 Å². The molecule has 220 valence electrons. The lowest BCUT2D eigenvalue weighted by molar-refractivity contribution is -0.174. The van der Waals surface area contributed by atoms with E-state index in [9.17, 15) is 40.5 Å². The van der Waals surface area contributed by atoms with Gasteiger partial charge in [-0.05, 0) is 24.2 Å². The van der Waals surface area contributed by atoms with Crippen LogP contribution in [-0.4, -0.2) is 90.5 Å². The van der Waals surface area contributed by atoms with Crippen molar-refractivity contribution in [1.29, 1.82) is 0 Å². The quantitative estimate of drug-likeness (QED) is 0.0970. The predicted molar refractivity (Wildman–Crippen MR) is 141 cm³/mol. The van der Waals surface area contributed by atoms with E-state index in [-0.39, 0.29) is 5.92 Å². The molecule has 0 aliphatic carbocycles. The third kappa shape index (κ3) is 12.3. The summed E-state index contributed by atoms with van der Waals surface area (Å²) in [6.45, 7) is 8.62. The predicted octanol–water partition coefficient (Wildman–Crippen LogP) is 2.19. The summed E-state index contributed by atoms with van der Waals surface area (Å²) in [5.74, 6) is -1.52. The maximum absolute atomic E-state index is 11.3. The van der Waals surface area contributed by atoms with Crippen LogP contribution in [0, 0.1) is 11.3 Å². The molecule has 1 heterocycles. The maximum Gasteiger partial charge on any atom is 0.338 e. The van der Waals surface area contributed by atoms with E-state index in [4.69, 9.17) is 0 Å². The molecule has 0 aromatic rings. The normalized spacial score (nSPS) is 25.4. The first kappa shape index (κ1) is 34.2. The molecule has 7 N–H and O–H groups in total. The molecule has 37 heavy (non-hydrogen) atoms. The van der Waals surface area contributed by atoms with Crippen molar-refractivity contribution in [3.05, 3.63) is 0 Å². The molecule has 0 bridgehead atoms. The Hall–Kier alpha value is -0.810. The van der Waals surface area contributed by atoms with Crippen LogP contribution in [0.3, 0.4) is 0 Å². The number of ether oxygens (including phenoxy) is 1. The highest BCUT2D eigenvalue weighted by molar-refractivity contribution is 5.77. The fourth-order valence-electron chi connectivity index (χ4n) is 4.88. The molecule has 0 saturated carbocycles. The van der Waals surface area contributed by atoms with Gasteiger partial charge in [0.2, 0.25) is 0 Å². The first-order valence-electron chi connectivity index (χ1n) is 14.2. The number of hydrogen-bond donors (Lipinski definition) is 7. The lowest BCUT2D eigenvalue weighted by atomic mass is 9.88. The standard InChI is InChI=1S/C28H54O9/c1-18(16-14-12-10-8-6-5-7-9-11-13-15-17-28(2,3)4)19(29)20(30)21(31)22(32)23(33)26-24(34)25(35)27(36)37-26/h18-26,29-35H,5-17H2,1-4H3. The Bertz CT molecular complexity index is 623. The molecule has 0 aromatic carbocycles. The lowest BCUT2D eigenvalue weighted by Crippen LogP contribution is -2.55. The van der Waals surface area contributed by atoms with E-state index >= 15 is 0 Å². The zero-order valence-corrected chi connectivity index (χ0v) is 23.3. The monoisotopic (exact) mass is 534 g/mol. The Morgan fingerprint density at radius 3 is 1.57 bits per heavy atom. The topological polar surface area (TPSA) is 168 Å². The molecule has 0 aromatic heterocycles. The second-order valence-electron chi connectivity index (χ2n) is 12.3. The first-order valence-corrected chi connectivity index (χ1v) is 14.2. The van der Waals surface area contributed by atoms with Crippen molar-refractivity contribution >= 4 is 5.97 Å². The molecule has 0 amide bonds. The van der Waals surface area contributed by atoms with Crippen LogP contribution in [0.5, 0.6) is 0 Å². The maximum atomic E-state index is 11.3. The van der Waals surface area contributed by atoms with Crippen LogP contribution < -0.4 is 0 Å². The van der Waals surface area contributed by atoms with Crippen molar-refractivity contribution in [2.75, 3.05) is 0 Å². The van der Waals surface area contributed by atoms with E-state index in [1.807, 2.05) is 0 Å². The van der Waals surface area contributed by atoms with Crippen LogP contribution in [-0.2, 0) is 9.53 Å². The average molecular weight is 535 g/mol. The van der Waals surface area contributed by atoms with Gasteiger partial charge < -0.3 is 40.5 Å². The van der Waals surface area contributed by atoms with Gasteiger partial charge in [0, 0.05) is 0 Å². The minimum absolute atomic E-state index is 0.357. The SMILES string of the molecule is CC(CCCCCCCCCCCCCC(C)(C)C)C(O)C(O)C(O)C(O)C(O)C1OC(=O)C(O)C1O. The molecule has 1 aliphatic rings. The van der Waals surface area contributed by atoms with Gasteiger partial charge in [-0.2, -0.15) is 0 Å². The number of carbonyl (C=O) groups excluding carboxylic acids is 1. The van der Waals surface area contributed by atoms with Crippen LogP contribution in [0.1, 0.15) is 111 Å². The van der Waals surface area contributed by atoms with Gasteiger partial charge in [0.15, 0.2) is 12.2 Å². The van der Waals surface area contributed by atoms with E-state index in [1.165, 1.54) is 57.8 Å². The Morgan fingerprint density at radius 1 is 0.703 bits per heavy atom. The summed E-state index contributed by atoms with van der Waals surface area (Å²) in [5.41, 5.74) is 0.439. The van der Waals surface area contributed by atoms with Crippen LogP contribution in [0.2, 0.25) is 0 Å². The summed E-state index contributed by atoms with van der Waals surface area (Å²) >= 11 is 0. The summed E-state index contributed by atoms with van der Waals surface area (Å²) in [6.07, 6.45) is 0.825. The Kier molecular flexibility index (Phi) is 15.7. The van der Waals surface area contributed by atoms with E-state index < -0.39 is 54.8 Å². The van der Waals surface area contributed by atoms with Crippen molar-refractivity contribution in [1.82, 2.24) is 0 Å². The number of cyclic esters (lactones) is 1. The average Bonchev–Trinajstić information content (AvgIpc) is 3.10. The lowest BCUT2D eigenvalue weighted by Gasteiger charge is -2.33. The molecule has 1 fully saturated rings.